The lowest BCUT2D eigenvalue weighted by Gasteiger charge is -2.22. The fraction of sp³-hybridized carbons (Fsp3) is 0.571. The van der Waals surface area contributed by atoms with Crippen LogP contribution in [0.4, 0.5) is 0 Å². The van der Waals surface area contributed by atoms with Gasteiger partial charge in [-0.2, -0.15) is 0 Å². The third-order valence-corrected chi connectivity index (χ3v) is 2.90. The van der Waals surface area contributed by atoms with E-state index < -0.39 is 0 Å². The van der Waals surface area contributed by atoms with Crippen LogP contribution in [-0.2, 0) is 0 Å². The molecule has 0 spiro atoms. The van der Waals surface area contributed by atoms with E-state index in [1.807, 2.05) is 0 Å². The van der Waals surface area contributed by atoms with E-state index in [1.165, 1.54) is 18.4 Å². The summed E-state index contributed by atoms with van der Waals surface area (Å²) in [5.74, 6) is 0.661. The Morgan fingerprint density at radius 3 is 2.27 bits per heavy atom. The highest BCUT2D eigenvalue weighted by Crippen LogP contribution is 2.26. The predicted molar refractivity (Wildman–Crippen MR) is 67.0 cm³/mol. The molecule has 0 fully saturated rings. The fourth-order valence-electron chi connectivity index (χ4n) is 1.88. The number of benzene rings is 1. The quantitative estimate of drug-likeness (QED) is 0.779. The molecular formula is C14H23N. The minimum absolute atomic E-state index is 0.0395. The zero-order valence-corrected chi connectivity index (χ0v) is 10.2. The summed E-state index contributed by atoms with van der Waals surface area (Å²) in [6.07, 6.45) is 3.46. The van der Waals surface area contributed by atoms with Gasteiger partial charge in [0.2, 0.25) is 0 Å². The molecule has 84 valence electrons. The van der Waals surface area contributed by atoms with E-state index in [2.05, 4.69) is 51.1 Å². The molecule has 1 heteroatoms. The van der Waals surface area contributed by atoms with E-state index in [0.29, 0.717) is 5.92 Å². The molecule has 0 amide bonds. The molecule has 0 heterocycles. The van der Waals surface area contributed by atoms with Crippen molar-refractivity contribution in [2.45, 2.75) is 51.5 Å². The normalized spacial score (nSPS) is 13.9. The average molecular weight is 205 g/mol. The molecule has 0 bridgehead atoms. The maximum Gasteiger partial charge on any atom is 0.00972 e. The molecule has 0 saturated carbocycles. The third-order valence-electron chi connectivity index (χ3n) is 2.90. The van der Waals surface area contributed by atoms with Gasteiger partial charge in [0.05, 0.1) is 0 Å². The molecule has 15 heavy (non-hydrogen) atoms. The van der Waals surface area contributed by atoms with Gasteiger partial charge in [-0.25, -0.2) is 0 Å². The molecule has 0 aliphatic carbocycles. The van der Waals surface area contributed by atoms with Crippen LogP contribution in [0.5, 0.6) is 0 Å². The molecule has 0 aliphatic rings. The highest BCUT2D eigenvalue weighted by molar-refractivity contribution is 5.19. The van der Waals surface area contributed by atoms with Crippen LogP contribution in [-0.4, -0.2) is 5.54 Å². The highest BCUT2D eigenvalue weighted by Gasteiger charge is 2.15. The molecule has 0 aromatic heterocycles. The summed E-state index contributed by atoms with van der Waals surface area (Å²) < 4.78 is 0. The van der Waals surface area contributed by atoms with Crippen LogP contribution in [0.3, 0.4) is 0 Å². The van der Waals surface area contributed by atoms with Crippen LogP contribution in [0.25, 0.3) is 0 Å². The van der Waals surface area contributed by atoms with Crippen LogP contribution in [0.2, 0.25) is 0 Å². The Labute approximate surface area is 93.7 Å². The largest absolute Gasteiger partial charge is 0.326 e. The Hall–Kier alpha value is -0.820. The minimum Gasteiger partial charge on any atom is -0.326 e. The third kappa shape index (κ3) is 4.48. The first-order valence-electron chi connectivity index (χ1n) is 5.87. The maximum atomic E-state index is 6.02. The minimum atomic E-state index is -0.0395. The molecule has 2 N–H and O–H groups in total. The zero-order chi connectivity index (χ0) is 11.3. The maximum absolute atomic E-state index is 6.02. The summed E-state index contributed by atoms with van der Waals surface area (Å²) in [6, 6.07) is 10.7. The second-order valence-corrected chi connectivity index (χ2v) is 5.04. The fourth-order valence-corrected chi connectivity index (χ4v) is 1.88. The molecule has 0 aliphatic heterocycles. The van der Waals surface area contributed by atoms with Crippen molar-refractivity contribution in [3.05, 3.63) is 35.9 Å². The van der Waals surface area contributed by atoms with Crippen molar-refractivity contribution in [2.75, 3.05) is 0 Å². The van der Waals surface area contributed by atoms with Crippen LogP contribution >= 0.6 is 0 Å². The van der Waals surface area contributed by atoms with E-state index >= 15 is 0 Å². The zero-order valence-electron chi connectivity index (χ0n) is 10.2. The van der Waals surface area contributed by atoms with E-state index in [0.717, 1.165) is 6.42 Å². The first kappa shape index (κ1) is 12.3. The van der Waals surface area contributed by atoms with Gasteiger partial charge < -0.3 is 5.73 Å². The Balaban J connectivity index is 2.58. The average Bonchev–Trinajstić information content (AvgIpc) is 2.19. The monoisotopic (exact) mass is 205 g/mol. The SMILES string of the molecule is CCC(CCC(C)(C)N)c1ccccc1. The molecular weight excluding hydrogens is 182 g/mol. The Kier molecular flexibility index (Phi) is 4.34. The summed E-state index contributed by atoms with van der Waals surface area (Å²) in [5.41, 5.74) is 7.43. The first-order valence-corrected chi connectivity index (χ1v) is 5.87. The Bertz CT molecular complexity index is 271. The Morgan fingerprint density at radius 2 is 1.80 bits per heavy atom. The lowest BCUT2D eigenvalue weighted by atomic mass is 9.87. The molecule has 0 radical (unpaired) electrons. The molecule has 1 aromatic carbocycles. The van der Waals surface area contributed by atoms with Gasteiger partial charge in [0.25, 0.3) is 0 Å². The first-order chi connectivity index (χ1) is 7.03. The lowest BCUT2D eigenvalue weighted by Crippen LogP contribution is -2.32. The topological polar surface area (TPSA) is 26.0 Å². The second-order valence-electron chi connectivity index (χ2n) is 5.04. The Morgan fingerprint density at radius 1 is 1.20 bits per heavy atom. The molecule has 0 saturated heterocycles. The van der Waals surface area contributed by atoms with Gasteiger partial charge in [-0.3, -0.25) is 0 Å². The number of nitrogens with two attached hydrogens (primary N) is 1. The van der Waals surface area contributed by atoms with Gasteiger partial charge in [-0.15, -0.1) is 0 Å². The lowest BCUT2D eigenvalue weighted by molar-refractivity contribution is 0.426. The molecule has 1 nitrogen and oxygen atoms in total. The molecule has 1 aromatic rings. The molecule has 1 rings (SSSR count). The standard InChI is InChI=1S/C14H23N/c1-4-12(10-11-14(2,3)15)13-8-6-5-7-9-13/h5-9,12H,4,10-11,15H2,1-3H3. The van der Waals surface area contributed by atoms with Gasteiger partial charge in [0, 0.05) is 5.54 Å². The van der Waals surface area contributed by atoms with Crippen LogP contribution < -0.4 is 5.73 Å². The smallest absolute Gasteiger partial charge is 0.00972 e. The van der Waals surface area contributed by atoms with E-state index in [-0.39, 0.29) is 5.54 Å². The van der Waals surface area contributed by atoms with Gasteiger partial charge in [-0.1, -0.05) is 37.3 Å². The van der Waals surface area contributed by atoms with Crippen molar-refractivity contribution in [1.29, 1.82) is 0 Å². The second kappa shape index (κ2) is 5.32. The number of hydrogen-bond acceptors (Lipinski definition) is 1. The van der Waals surface area contributed by atoms with Crippen molar-refractivity contribution < 1.29 is 0 Å². The van der Waals surface area contributed by atoms with Crippen molar-refractivity contribution in [2.24, 2.45) is 5.73 Å². The van der Waals surface area contributed by atoms with Crippen LogP contribution in [0.15, 0.2) is 30.3 Å². The van der Waals surface area contributed by atoms with Crippen LogP contribution in [0, 0.1) is 0 Å². The van der Waals surface area contributed by atoms with Gasteiger partial charge in [-0.05, 0) is 44.6 Å². The summed E-state index contributed by atoms with van der Waals surface area (Å²) in [7, 11) is 0. The van der Waals surface area contributed by atoms with Crippen LogP contribution in [0.1, 0.15) is 51.5 Å². The van der Waals surface area contributed by atoms with Gasteiger partial charge in [0.1, 0.15) is 0 Å². The molecule has 1 unspecified atom stereocenters. The summed E-state index contributed by atoms with van der Waals surface area (Å²) in [6.45, 7) is 6.45. The molecule has 1 atom stereocenters. The van der Waals surface area contributed by atoms with Crippen molar-refractivity contribution in [3.8, 4) is 0 Å². The van der Waals surface area contributed by atoms with Crippen molar-refractivity contribution in [1.82, 2.24) is 0 Å². The summed E-state index contributed by atoms with van der Waals surface area (Å²) >= 11 is 0. The van der Waals surface area contributed by atoms with Gasteiger partial charge in [0.15, 0.2) is 0 Å². The van der Waals surface area contributed by atoms with Crippen molar-refractivity contribution >= 4 is 0 Å². The van der Waals surface area contributed by atoms with E-state index in [9.17, 15) is 0 Å². The predicted octanol–water partition coefficient (Wildman–Crippen LogP) is 3.70. The highest BCUT2D eigenvalue weighted by atomic mass is 14.7. The van der Waals surface area contributed by atoms with Crippen molar-refractivity contribution in [3.63, 3.8) is 0 Å². The van der Waals surface area contributed by atoms with E-state index in [1.54, 1.807) is 0 Å². The van der Waals surface area contributed by atoms with Gasteiger partial charge >= 0.3 is 0 Å². The van der Waals surface area contributed by atoms with E-state index in [4.69, 9.17) is 5.73 Å². The summed E-state index contributed by atoms with van der Waals surface area (Å²) in [4.78, 5) is 0. The summed E-state index contributed by atoms with van der Waals surface area (Å²) in [5, 5.41) is 0. The number of rotatable bonds is 5. The number of hydrogen-bond donors (Lipinski definition) is 1.